The zero-order valence-corrected chi connectivity index (χ0v) is 14.9. The molecule has 0 aliphatic heterocycles. The molecule has 0 aromatic heterocycles. The maximum Gasteiger partial charge on any atom is 0.416 e. The molecule has 2 aliphatic carbocycles. The lowest BCUT2D eigenvalue weighted by Gasteiger charge is -2.38. The number of Topliss-reactive ketones (excluding diaryl/α,β-unsaturated/α-hetero) is 1. The van der Waals surface area contributed by atoms with Crippen molar-refractivity contribution in [3.8, 4) is 0 Å². The van der Waals surface area contributed by atoms with Crippen molar-refractivity contribution in [2.75, 3.05) is 5.32 Å². The van der Waals surface area contributed by atoms with Crippen molar-refractivity contribution in [1.82, 2.24) is 0 Å². The Balaban J connectivity index is 1.95. The van der Waals surface area contributed by atoms with Crippen LogP contribution in [0.1, 0.15) is 45.6 Å². The van der Waals surface area contributed by atoms with Crippen LogP contribution >= 0.6 is 11.6 Å². The first kappa shape index (κ1) is 18.2. The molecule has 136 valence electrons. The monoisotopic (exact) mass is 373 g/mol. The highest BCUT2D eigenvalue weighted by atomic mass is 35.5. The van der Waals surface area contributed by atoms with Crippen LogP contribution in [0.3, 0.4) is 0 Å². The van der Waals surface area contributed by atoms with E-state index in [1.165, 1.54) is 0 Å². The Bertz CT molecular complexity index is 774. The molecule has 2 aliphatic rings. The second-order valence-corrected chi connectivity index (χ2v) is 8.19. The van der Waals surface area contributed by atoms with E-state index >= 15 is 0 Å². The summed E-state index contributed by atoms with van der Waals surface area (Å²) in [6.45, 7) is 5.64. The molecule has 2 saturated carbocycles. The standard InChI is InChI=1S/C18H19ClF3NO2/c1-15(2)16(3)6-7-17(15,9-13(16)24)14(25)23-12-8-10(18(20,21)22)4-5-11(12)19/h4-5,8H,6-7,9H2,1-3H3,(H,23,25)/t16-,17+/m1/s1. The number of hydrogen-bond donors (Lipinski definition) is 1. The van der Waals surface area contributed by atoms with Gasteiger partial charge in [-0.1, -0.05) is 32.4 Å². The van der Waals surface area contributed by atoms with E-state index in [4.69, 9.17) is 11.6 Å². The molecular formula is C18H19ClF3NO2. The largest absolute Gasteiger partial charge is 0.416 e. The second kappa shape index (κ2) is 5.22. The number of amides is 1. The highest BCUT2D eigenvalue weighted by Gasteiger charge is 2.72. The third kappa shape index (κ3) is 2.33. The molecule has 1 amide bonds. The summed E-state index contributed by atoms with van der Waals surface area (Å²) in [5, 5.41) is 2.58. The van der Waals surface area contributed by atoms with E-state index in [1.807, 2.05) is 20.8 Å². The number of hydrogen-bond acceptors (Lipinski definition) is 2. The van der Waals surface area contributed by atoms with Crippen LogP contribution in [0, 0.1) is 16.2 Å². The Morgan fingerprint density at radius 2 is 1.84 bits per heavy atom. The van der Waals surface area contributed by atoms with E-state index in [9.17, 15) is 22.8 Å². The Kier molecular flexibility index (Phi) is 3.81. The maximum absolute atomic E-state index is 13.0. The molecule has 0 radical (unpaired) electrons. The number of rotatable bonds is 2. The summed E-state index contributed by atoms with van der Waals surface area (Å²) in [5.41, 5.74) is -3.05. The van der Waals surface area contributed by atoms with Crippen LogP contribution in [-0.4, -0.2) is 11.7 Å². The molecule has 0 unspecified atom stereocenters. The van der Waals surface area contributed by atoms with Crippen LogP contribution in [-0.2, 0) is 15.8 Å². The first-order valence-corrected chi connectivity index (χ1v) is 8.44. The summed E-state index contributed by atoms with van der Waals surface area (Å²) in [6.07, 6.45) is -3.29. The fourth-order valence-electron chi connectivity index (χ4n) is 4.40. The van der Waals surface area contributed by atoms with Crippen LogP contribution in [0.15, 0.2) is 18.2 Å². The van der Waals surface area contributed by atoms with Crippen LogP contribution in [0.25, 0.3) is 0 Å². The molecule has 2 atom stereocenters. The molecule has 1 aromatic carbocycles. The van der Waals surface area contributed by atoms with Gasteiger partial charge in [-0.2, -0.15) is 13.2 Å². The van der Waals surface area contributed by atoms with Gasteiger partial charge in [-0.25, -0.2) is 0 Å². The van der Waals surface area contributed by atoms with Crippen LogP contribution in [0.5, 0.6) is 0 Å². The number of anilines is 1. The number of ketones is 1. The Hall–Kier alpha value is -1.56. The number of benzene rings is 1. The van der Waals surface area contributed by atoms with Gasteiger partial charge in [0.2, 0.25) is 5.91 Å². The molecule has 2 fully saturated rings. The van der Waals surface area contributed by atoms with Gasteiger partial charge >= 0.3 is 6.18 Å². The van der Waals surface area contributed by atoms with Crippen molar-refractivity contribution in [1.29, 1.82) is 0 Å². The van der Waals surface area contributed by atoms with E-state index in [-0.39, 0.29) is 22.9 Å². The Labute approximate surface area is 148 Å². The highest BCUT2D eigenvalue weighted by Crippen LogP contribution is 2.70. The van der Waals surface area contributed by atoms with E-state index < -0.39 is 33.9 Å². The SMILES string of the molecule is CC1(C)[C@@]2(C(=O)Nc3cc(C(F)(F)F)ccc3Cl)CC[C@]1(C)C(=O)C2. The number of nitrogens with one attached hydrogen (secondary N) is 1. The highest BCUT2D eigenvalue weighted by molar-refractivity contribution is 6.33. The molecule has 3 rings (SSSR count). The fourth-order valence-corrected chi connectivity index (χ4v) is 4.56. The number of carbonyl (C=O) groups excluding carboxylic acids is 2. The van der Waals surface area contributed by atoms with Gasteiger partial charge in [0.25, 0.3) is 0 Å². The van der Waals surface area contributed by atoms with Crippen LogP contribution < -0.4 is 5.32 Å². The molecule has 0 heterocycles. The molecule has 1 N–H and O–H groups in total. The average molecular weight is 374 g/mol. The quantitative estimate of drug-likeness (QED) is 0.785. The number of alkyl halides is 3. The molecule has 0 spiro atoms. The van der Waals surface area contributed by atoms with Crippen molar-refractivity contribution in [2.24, 2.45) is 16.2 Å². The average Bonchev–Trinajstić information content (AvgIpc) is 2.78. The molecule has 2 bridgehead atoms. The van der Waals surface area contributed by atoms with E-state index in [2.05, 4.69) is 5.32 Å². The van der Waals surface area contributed by atoms with Gasteiger partial charge in [0.05, 0.1) is 21.7 Å². The fraction of sp³-hybridized carbons (Fsp3) is 0.556. The van der Waals surface area contributed by atoms with Crippen molar-refractivity contribution in [2.45, 2.75) is 46.2 Å². The van der Waals surface area contributed by atoms with Crippen LogP contribution in [0.2, 0.25) is 5.02 Å². The molecule has 25 heavy (non-hydrogen) atoms. The van der Waals surface area contributed by atoms with Crippen molar-refractivity contribution >= 4 is 29.0 Å². The summed E-state index contributed by atoms with van der Waals surface area (Å²) in [5.74, 6) is -0.401. The maximum atomic E-state index is 13.0. The van der Waals surface area contributed by atoms with Crippen molar-refractivity contribution in [3.63, 3.8) is 0 Å². The first-order chi connectivity index (χ1) is 11.3. The minimum absolute atomic E-state index is 0.0284. The minimum atomic E-state index is -4.53. The summed E-state index contributed by atoms with van der Waals surface area (Å²) in [6, 6.07) is 2.81. The van der Waals surface area contributed by atoms with Gasteiger partial charge in [-0.3, -0.25) is 9.59 Å². The zero-order valence-electron chi connectivity index (χ0n) is 14.2. The lowest BCUT2D eigenvalue weighted by Crippen LogP contribution is -2.43. The molecule has 0 saturated heterocycles. The lowest BCUT2D eigenvalue weighted by molar-refractivity contribution is -0.137. The second-order valence-electron chi connectivity index (χ2n) is 7.79. The summed E-state index contributed by atoms with van der Waals surface area (Å²) >= 11 is 5.97. The number of fused-ring (bicyclic) bond motifs is 2. The zero-order chi connectivity index (χ0) is 18.8. The topological polar surface area (TPSA) is 46.2 Å². The minimum Gasteiger partial charge on any atom is -0.324 e. The van der Waals surface area contributed by atoms with Gasteiger partial charge in [0.15, 0.2) is 0 Å². The van der Waals surface area contributed by atoms with Crippen molar-refractivity contribution in [3.05, 3.63) is 28.8 Å². The van der Waals surface area contributed by atoms with Gasteiger partial charge < -0.3 is 5.32 Å². The lowest BCUT2D eigenvalue weighted by atomic mass is 9.64. The van der Waals surface area contributed by atoms with E-state index in [0.29, 0.717) is 12.8 Å². The molecule has 3 nitrogen and oxygen atoms in total. The van der Waals surface area contributed by atoms with Gasteiger partial charge in [0.1, 0.15) is 5.78 Å². The van der Waals surface area contributed by atoms with Gasteiger partial charge in [-0.05, 0) is 36.5 Å². The van der Waals surface area contributed by atoms with Crippen LogP contribution in [0.4, 0.5) is 18.9 Å². The van der Waals surface area contributed by atoms with E-state index in [1.54, 1.807) is 0 Å². The van der Waals surface area contributed by atoms with Gasteiger partial charge in [0, 0.05) is 11.8 Å². The predicted molar refractivity (Wildman–Crippen MR) is 88.3 cm³/mol. The number of carbonyl (C=O) groups is 2. The number of halogens is 4. The third-order valence-electron chi connectivity index (χ3n) is 6.68. The third-order valence-corrected chi connectivity index (χ3v) is 7.01. The first-order valence-electron chi connectivity index (χ1n) is 8.07. The smallest absolute Gasteiger partial charge is 0.324 e. The van der Waals surface area contributed by atoms with Crippen molar-refractivity contribution < 1.29 is 22.8 Å². The normalized spacial score (nSPS) is 30.6. The Morgan fingerprint density at radius 3 is 2.32 bits per heavy atom. The summed E-state index contributed by atoms with van der Waals surface area (Å²) in [7, 11) is 0. The van der Waals surface area contributed by atoms with Gasteiger partial charge in [-0.15, -0.1) is 0 Å². The predicted octanol–water partition coefficient (Wildman–Crippen LogP) is 5.08. The summed E-state index contributed by atoms with van der Waals surface area (Å²) in [4.78, 5) is 25.4. The molecular weight excluding hydrogens is 355 g/mol. The Morgan fingerprint density at radius 1 is 1.20 bits per heavy atom. The molecule has 7 heteroatoms. The summed E-state index contributed by atoms with van der Waals surface area (Å²) < 4.78 is 38.7. The molecule has 1 aromatic rings. The van der Waals surface area contributed by atoms with E-state index in [0.717, 1.165) is 18.2 Å².